The van der Waals surface area contributed by atoms with Crippen LogP contribution in [0, 0.1) is 0 Å². The first-order valence-corrected chi connectivity index (χ1v) is 13.0. The molecule has 1 saturated heterocycles. The first-order valence-electron chi connectivity index (χ1n) is 11.5. The summed E-state index contributed by atoms with van der Waals surface area (Å²) in [5, 5.41) is 7.85. The van der Waals surface area contributed by atoms with E-state index in [1.807, 2.05) is 47.4 Å². The van der Waals surface area contributed by atoms with Crippen molar-refractivity contribution in [2.45, 2.75) is 12.1 Å². The van der Waals surface area contributed by atoms with Crippen LogP contribution in [0.25, 0.3) is 11.3 Å². The van der Waals surface area contributed by atoms with Gasteiger partial charge in [0, 0.05) is 24.6 Å². The maximum Gasteiger partial charge on any atom is 0.250 e. The minimum atomic E-state index is -0.390. The molecular formula is C27H21Cl3N4O3S. The smallest absolute Gasteiger partial charge is 0.250 e. The quantitative estimate of drug-likeness (QED) is 0.224. The maximum atomic E-state index is 12.0. The molecule has 11 heteroatoms. The summed E-state index contributed by atoms with van der Waals surface area (Å²) in [5.74, 6) is 0.979. The van der Waals surface area contributed by atoms with Crippen molar-refractivity contribution in [2.24, 2.45) is 0 Å². The summed E-state index contributed by atoms with van der Waals surface area (Å²) < 4.78 is 11.2. The summed E-state index contributed by atoms with van der Waals surface area (Å²) in [6.45, 7) is -0.0777. The Morgan fingerprint density at radius 1 is 1.08 bits per heavy atom. The molecule has 194 valence electrons. The molecule has 0 aliphatic carbocycles. The van der Waals surface area contributed by atoms with E-state index in [1.54, 1.807) is 30.5 Å². The molecule has 1 aliphatic rings. The highest BCUT2D eigenvalue weighted by atomic mass is 35.5. The Kier molecular flexibility index (Phi) is 7.88. The zero-order valence-corrected chi connectivity index (χ0v) is 23.0. The van der Waals surface area contributed by atoms with E-state index in [1.165, 1.54) is 7.11 Å². The molecule has 3 heterocycles. The van der Waals surface area contributed by atoms with Crippen LogP contribution in [-0.2, 0) is 9.53 Å². The van der Waals surface area contributed by atoms with E-state index in [0.717, 1.165) is 11.3 Å². The number of hydrogen-bond donors (Lipinski definition) is 2. The van der Waals surface area contributed by atoms with Crippen molar-refractivity contribution in [1.82, 2.24) is 10.3 Å². The fraction of sp³-hybridized carbons (Fsp3) is 0.148. The summed E-state index contributed by atoms with van der Waals surface area (Å²) >= 11 is 24.7. The van der Waals surface area contributed by atoms with Gasteiger partial charge in [0.05, 0.1) is 32.5 Å². The van der Waals surface area contributed by atoms with Crippen LogP contribution in [0.3, 0.4) is 0 Å². The van der Waals surface area contributed by atoms with Crippen LogP contribution in [0.4, 0.5) is 11.4 Å². The highest BCUT2D eigenvalue weighted by Crippen LogP contribution is 2.44. The molecule has 2 N–H and O–H groups in total. The summed E-state index contributed by atoms with van der Waals surface area (Å²) in [5.41, 5.74) is 2.77. The van der Waals surface area contributed by atoms with Crippen molar-refractivity contribution < 1.29 is 13.9 Å². The first-order chi connectivity index (χ1) is 18.4. The average molecular weight is 588 g/mol. The molecule has 0 saturated carbocycles. The highest BCUT2D eigenvalue weighted by Gasteiger charge is 2.42. The maximum absolute atomic E-state index is 12.0. The lowest BCUT2D eigenvalue weighted by Gasteiger charge is -2.26. The molecule has 0 radical (unpaired) electrons. The Morgan fingerprint density at radius 2 is 1.92 bits per heavy atom. The normalized spacial score (nSPS) is 16.9. The minimum absolute atomic E-state index is 0.0777. The molecule has 2 aromatic carbocycles. The Labute approximate surface area is 239 Å². The molecule has 0 unspecified atom stereocenters. The molecule has 5 rings (SSSR count). The Bertz CT molecular complexity index is 1500. The van der Waals surface area contributed by atoms with Crippen molar-refractivity contribution in [3.8, 4) is 11.3 Å². The molecule has 2 atom stereocenters. The fourth-order valence-electron chi connectivity index (χ4n) is 4.31. The summed E-state index contributed by atoms with van der Waals surface area (Å²) in [6.07, 6.45) is 1.73. The highest BCUT2D eigenvalue weighted by molar-refractivity contribution is 7.80. The number of aromatic nitrogens is 1. The number of carbonyl (C=O) groups excluding carboxylic acids is 1. The number of methoxy groups -OCH3 is 1. The Hall–Kier alpha value is -3.14. The van der Waals surface area contributed by atoms with Gasteiger partial charge in [0.15, 0.2) is 5.11 Å². The number of hydrogen-bond acceptors (Lipinski definition) is 5. The molecule has 1 fully saturated rings. The number of amides is 1. The lowest BCUT2D eigenvalue weighted by atomic mass is 10.0. The van der Waals surface area contributed by atoms with Gasteiger partial charge >= 0.3 is 0 Å². The van der Waals surface area contributed by atoms with Crippen LogP contribution in [-0.4, -0.2) is 29.7 Å². The number of benzene rings is 2. The van der Waals surface area contributed by atoms with Gasteiger partial charge < -0.3 is 24.7 Å². The van der Waals surface area contributed by atoms with Crippen molar-refractivity contribution in [2.75, 3.05) is 23.9 Å². The van der Waals surface area contributed by atoms with Crippen LogP contribution in [0.1, 0.15) is 23.5 Å². The van der Waals surface area contributed by atoms with Gasteiger partial charge in [-0.1, -0.05) is 40.9 Å². The largest absolute Gasteiger partial charge is 0.459 e. The second-order valence-corrected chi connectivity index (χ2v) is 10.1. The number of carbonyl (C=O) groups is 1. The molecule has 2 aromatic heterocycles. The lowest BCUT2D eigenvalue weighted by molar-refractivity contribution is -0.119. The molecule has 4 aromatic rings. The van der Waals surface area contributed by atoms with Gasteiger partial charge in [0.1, 0.15) is 24.2 Å². The van der Waals surface area contributed by atoms with Crippen LogP contribution >= 0.6 is 47.0 Å². The number of nitrogens with one attached hydrogen (secondary N) is 2. The number of thiocarbonyl (C=S) groups is 1. The van der Waals surface area contributed by atoms with Gasteiger partial charge in [-0.2, -0.15) is 0 Å². The van der Waals surface area contributed by atoms with Gasteiger partial charge in [-0.25, -0.2) is 0 Å². The lowest BCUT2D eigenvalue weighted by Crippen LogP contribution is -2.29. The Balaban J connectivity index is 1.54. The van der Waals surface area contributed by atoms with Gasteiger partial charge in [0.25, 0.3) is 0 Å². The Morgan fingerprint density at radius 3 is 2.63 bits per heavy atom. The van der Waals surface area contributed by atoms with Gasteiger partial charge in [-0.05, 0) is 72.9 Å². The van der Waals surface area contributed by atoms with Crippen LogP contribution in [0.5, 0.6) is 0 Å². The number of nitrogens with zero attached hydrogens (tertiary/aromatic N) is 2. The summed E-state index contributed by atoms with van der Waals surface area (Å²) in [7, 11) is 1.45. The molecule has 1 aliphatic heterocycles. The predicted octanol–water partition coefficient (Wildman–Crippen LogP) is 7.06. The third-order valence-corrected chi connectivity index (χ3v) is 7.37. The molecule has 1 amide bonds. The van der Waals surface area contributed by atoms with Crippen molar-refractivity contribution in [3.05, 3.63) is 99.4 Å². The van der Waals surface area contributed by atoms with E-state index in [2.05, 4.69) is 15.6 Å². The van der Waals surface area contributed by atoms with Gasteiger partial charge in [0.2, 0.25) is 5.91 Å². The van der Waals surface area contributed by atoms with Crippen molar-refractivity contribution in [1.29, 1.82) is 0 Å². The summed E-state index contributed by atoms with van der Waals surface area (Å²) in [4.78, 5) is 18.5. The van der Waals surface area contributed by atoms with E-state index in [0.29, 0.717) is 43.1 Å². The summed E-state index contributed by atoms with van der Waals surface area (Å²) in [6, 6.07) is 19.4. The number of pyridine rings is 1. The predicted molar refractivity (Wildman–Crippen MR) is 154 cm³/mol. The number of rotatable bonds is 7. The molecular weight excluding hydrogens is 567 g/mol. The minimum Gasteiger partial charge on any atom is -0.459 e. The third kappa shape index (κ3) is 5.36. The second kappa shape index (κ2) is 11.3. The van der Waals surface area contributed by atoms with E-state index in [9.17, 15) is 4.79 Å². The zero-order valence-electron chi connectivity index (χ0n) is 20.0. The van der Waals surface area contributed by atoms with Crippen LogP contribution < -0.4 is 15.5 Å². The molecule has 0 spiro atoms. The molecule has 7 nitrogen and oxygen atoms in total. The fourth-order valence-corrected chi connectivity index (χ4v) is 5.18. The van der Waals surface area contributed by atoms with Crippen molar-refractivity contribution in [3.63, 3.8) is 0 Å². The third-order valence-electron chi connectivity index (χ3n) is 6.00. The van der Waals surface area contributed by atoms with E-state index >= 15 is 0 Å². The van der Waals surface area contributed by atoms with Crippen LogP contribution in [0.2, 0.25) is 15.1 Å². The second-order valence-electron chi connectivity index (χ2n) is 8.47. The number of halogens is 3. The van der Waals surface area contributed by atoms with E-state index in [4.69, 9.17) is 56.2 Å². The van der Waals surface area contributed by atoms with E-state index in [-0.39, 0.29) is 24.6 Å². The topological polar surface area (TPSA) is 79.6 Å². The number of ether oxygens (including phenoxy) is 1. The van der Waals surface area contributed by atoms with Gasteiger partial charge in [-0.15, -0.1) is 0 Å². The number of anilines is 2. The monoisotopic (exact) mass is 586 g/mol. The van der Waals surface area contributed by atoms with Gasteiger partial charge in [-0.3, -0.25) is 9.78 Å². The SMILES string of the molecule is COCC(=O)Nc1ccc(N2C(=S)N[C@@H](c3ccccn3)[C@H]2c2ccc(-c3ccc(Cl)c(Cl)c3)o2)cc1Cl. The van der Waals surface area contributed by atoms with E-state index < -0.39 is 0 Å². The average Bonchev–Trinajstić information content (AvgIpc) is 3.52. The van der Waals surface area contributed by atoms with Crippen molar-refractivity contribution >= 4 is 69.4 Å². The zero-order chi connectivity index (χ0) is 26.8. The van der Waals surface area contributed by atoms with Crippen LogP contribution in [0.15, 0.2) is 77.3 Å². The molecule has 38 heavy (non-hydrogen) atoms. The molecule has 0 bridgehead atoms. The first kappa shape index (κ1) is 26.5. The standard InChI is InChI=1S/C27H21Cl3N4O3S/c1-36-14-24(35)32-20-8-6-16(13-19(20)30)34-26(25(33-27(34)38)21-4-2-3-11-31-21)23-10-9-22(37-23)15-5-7-17(28)18(29)12-15/h2-13,25-26H,14H2,1H3,(H,32,35)(H,33,38)/t25-,26+/m0/s1. The number of furan rings is 1.